The number of aromatic nitrogens is 2. The van der Waals surface area contributed by atoms with Crippen LogP contribution in [0.1, 0.15) is 20.8 Å². The molecule has 0 spiro atoms. The minimum absolute atomic E-state index is 0.244. The van der Waals surface area contributed by atoms with Crippen molar-refractivity contribution in [1.29, 1.82) is 0 Å². The summed E-state index contributed by atoms with van der Waals surface area (Å²) in [7, 11) is 1.67. The summed E-state index contributed by atoms with van der Waals surface area (Å²) >= 11 is 0. The van der Waals surface area contributed by atoms with Gasteiger partial charge in [-0.1, -0.05) is 18.2 Å². The summed E-state index contributed by atoms with van der Waals surface area (Å²) in [6, 6.07) is 12.2. The third-order valence-electron chi connectivity index (χ3n) is 5.19. The molecule has 1 fully saturated rings. The Kier molecular flexibility index (Phi) is 5.28. The third kappa shape index (κ3) is 4.20. The van der Waals surface area contributed by atoms with Crippen LogP contribution in [0.2, 0.25) is 0 Å². The third-order valence-corrected chi connectivity index (χ3v) is 5.19. The van der Waals surface area contributed by atoms with Gasteiger partial charge in [-0.05, 0) is 44.5 Å². The van der Waals surface area contributed by atoms with Gasteiger partial charge in [0.1, 0.15) is 11.4 Å². The van der Waals surface area contributed by atoms with Gasteiger partial charge >= 0.3 is 6.09 Å². The summed E-state index contributed by atoms with van der Waals surface area (Å²) < 4.78 is 12.6. The smallest absolute Gasteiger partial charge is 0.410 e. The number of carbonyl (C=O) groups is 1. The molecule has 0 aliphatic carbocycles. The molecular formula is C23H28N4O3. The molecule has 3 aromatic rings. The number of ether oxygens (including phenoxy) is 2. The molecule has 1 aliphatic rings. The highest BCUT2D eigenvalue weighted by Gasteiger charge is 2.26. The average molecular weight is 409 g/mol. The van der Waals surface area contributed by atoms with Crippen LogP contribution in [0.15, 0.2) is 48.8 Å². The molecule has 158 valence electrons. The van der Waals surface area contributed by atoms with Gasteiger partial charge in [-0.15, -0.1) is 0 Å². The summed E-state index contributed by atoms with van der Waals surface area (Å²) in [6.45, 7) is 8.44. The highest BCUT2D eigenvalue weighted by Crippen LogP contribution is 2.27. The van der Waals surface area contributed by atoms with E-state index in [0.717, 1.165) is 41.2 Å². The molecule has 1 aliphatic heterocycles. The number of hydrogen-bond acceptors (Lipinski definition) is 5. The van der Waals surface area contributed by atoms with Gasteiger partial charge < -0.3 is 19.3 Å². The summed E-state index contributed by atoms with van der Waals surface area (Å²) in [6.07, 6.45) is 3.69. The zero-order valence-electron chi connectivity index (χ0n) is 18.0. The Hall–Kier alpha value is -3.22. The minimum atomic E-state index is -0.474. The van der Waals surface area contributed by atoms with Crippen molar-refractivity contribution in [2.24, 2.45) is 0 Å². The van der Waals surface area contributed by atoms with E-state index >= 15 is 0 Å². The van der Waals surface area contributed by atoms with Crippen molar-refractivity contribution in [2.45, 2.75) is 26.4 Å². The molecule has 0 atom stereocenters. The molecule has 0 radical (unpaired) electrons. The van der Waals surface area contributed by atoms with Crippen LogP contribution in [0.3, 0.4) is 0 Å². The SMILES string of the molecule is COc1ccc(-c2ccc3c(N4CCN(C(=O)OC(C)(C)C)CC4)cnn3c2)cc1. The monoisotopic (exact) mass is 408 g/mol. The van der Waals surface area contributed by atoms with Crippen molar-refractivity contribution in [3.05, 3.63) is 48.8 Å². The van der Waals surface area contributed by atoms with Crippen LogP contribution in [0.25, 0.3) is 16.6 Å². The van der Waals surface area contributed by atoms with Gasteiger partial charge in [-0.3, -0.25) is 0 Å². The maximum Gasteiger partial charge on any atom is 0.410 e. The molecule has 3 heterocycles. The van der Waals surface area contributed by atoms with Crippen LogP contribution < -0.4 is 9.64 Å². The molecule has 0 saturated carbocycles. The highest BCUT2D eigenvalue weighted by atomic mass is 16.6. The normalized spacial score (nSPS) is 14.8. The Morgan fingerprint density at radius 1 is 0.967 bits per heavy atom. The standard InChI is InChI=1S/C23H28N4O3/c1-23(2,3)30-22(28)26-13-11-25(12-14-26)21-15-24-27-16-18(7-10-20(21)27)17-5-8-19(29-4)9-6-17/h5-10,15-16H,11-14H2,1-4H3. The van der Waals surface area contributed by atoms with Gasteiger partial charge in [-0.25, -0.2) is 9.31 Å². The van der Waals surface area contributed by atoms with E-state index in [4.69, 9.17) is 9.47 Å². The Balaban J connectivity index is 1.47. The molecule has 0 N–H and O–H groups in total. The number of pyridine rings is 1. The number of amides is 1. The Labute approximate surface area is 176 Å². The maximum absolute atomic E-state index is 12.3. The topological polar surface area (TPSA) is 59.3 Å². The number of fused-ring (bicyclic) bond motifs is 1. The first-order valence-corrected chi connectivity index (χ1v) is 10.2. The van der Waals surface area contributed by atoms with Crippen molar-refractivity contribution in [3.63, 3.8) is 0 Å². The molecule has 0 unspecified atom stereocenters. The minimum Gasteiger partial charge on any atom is -0.497 e. The number of carbonyl (C=O) groups excluding carboxylic acids is 1. The molecule has 7 heteroatoms. The predicted molar refractivity (Wildman–Crippen MR) is 117 cm³/mol. The molecular weight excluding hydrogens is 380 g/mol. The van der Waals surface area contributed by atoms with Crippen molar-refractivity contribution in [1.82, 2.24) is 14.5 Å². The van der Waals surface area contributed by atoms with Gasteiger partial charge in [0.05, 0.1) is 24.5 Å². The van der Waals surface area contributed by atoms with E-state index in [2.05, 4.69) is 22.1 Å². The van der Waals surface area contributed by atoms with Gasteiger partial charge in [0, 0.05) is 37.9 Å². The molecule has 2 aromatic heterocycles. The van der Waals surface area contributed by atoms with E-state index < -0.39 is 5.60 Å². The van der Waals surface area contributed by atoms with E-state index in [9.17, 15) is 4.79 Å². The number of benzene rings is 1. The Bertz CT molecular complexity index is 1030. The van der Waals surface area contributed by atoms with Crippen LogP contribution >= 0.6 is 0 Å². The second kappa shape index (κ2) is 7.89. The molecule has 0 bridgehead atoms. The Morgan fingerprint density at radius 3 is 2.27 bits per heavy atom. The predicted octanol–water partition coefficient (Wildman–Crippen LogP) is 4.07. The number of hydrogen-bond donors (Lipinski definition) is 0. The van der Waals surface area contributed by atoms with E-state index in [0.29, 0.717) is 13.1 Å². The van der Waals surface area contributed by atoms with Crippen molar-refractivity contribution in [2.75, 3.05) is 38.2 Å². The fourth-order valence-electron chi connectivity index (χ4n) is 3.62. The summed E-state index contributed by atoms with van der Waals surface area (Å²) in [5, 5.41) is 4.56. The lowest BCUT2D eigenvalue weighted by molar-refractivity contribution is 0.0240. The fraction of sp³-hybridized carbons (Fsp3) is 0.391. The van der Waals surface area contributed by atoms with E-state index in [1.54, 1.807) is 12.0 Å². The van der Waals surface area contributed by atoms with Gasteiger partial charge in [0.2, 0.25) is 0 Å². The van der Waals surface area contributed by atoms with Gasteiger partial charge in [-0.2, -0.15) is 5.10 Å². The van der Waals surface area contributed by atoms with Crippen LogP contribution in [-0.2, 0) is 4.74 Å². The van der Waals surface area contributed by atoms with E-state index in [1.807, 2.05) is 61.9 Å². The largest absolute Gasteiger partial charge is 0.497 e. The van der Waals surface area contributed by atoms with Crippen molar-refractivity contribution in [3.8, 4) is 16.9 Å². The Morgan fingerprint density at radius 2 is 1.63 bits per heavy atom. The molecule has 7 nitrogen and oxygen atoms in total. The average Bonchev–Trinajstić information content (AvgIpc) is 3.16. The first-order chi connectivity index (χ1) is 14.3. The number of piperazine rings is 1. The number of anilines is 1. The lowest BCUT2D eigenvalue weighted by Crippen LogP contribution is -2.50. The summed E-state index contributed by atoms with van der Waals surface area (Å²) in [5.74, 6) is 0.840. The molecule has 30 heavy (non-hydrogen) atoms. The second-order valence-corrected chi connectivity index (χ2v) is 8.46. The first-order valence-electron chi connectivity index (χ1n) is 10.2. The van der Waals surface area contributed by atoms with Crippen molar-refractivity contribution >= 4 is 17.3 Å². The molecule has 1 aromatic carbocycles. The fourth-order valence-corrected chi connectivity index (χ4v) is 3.62. The van der Waals surface area contributed by atoms with Gasteiger partial charge in [0.25, 0.3) is 0 Å². The van der Waals surface area contributed by atoms with Crippen LogP contribution in [0.5, 0.6) is 5.75 Å². The maximum atomic E-state index is 12.3. The quantitative estimate of drug-likeness (QED) is 0.654. The zero-order chi connectivity index (χ0) is 21.3. The molecule has 4 rings (SSSR count). The summed E-state index contributed by atoms with van der Waals surface area (Å²) in [5.41, 5.74) is 3.87. The molecule has 1 amide bonds. The van der Waals surface area contributed by atoms with E-state index in [-0.39, 0.29) is 6.09 Å². The van der Waals surface area contributed by atoms with Crippen LogP contribution in [0.4, 0.5) is 10.5 Å². The first kappa shape index (κ1) is 20.1. The van der Waals surface area contributed by atoms with Crippen molar-refractivity contribution < 1.29 is 14.3 Å². The highest BCUT2D eigenvalue weighted by molar-refractivity contribution is 5.76. The summed E-state index contributed by atoms with van der Waals surface area (Å²) in [4.78, 5) is 16.3. The number of methoxy groups -OCH3 is 1. The molecule has 1 saturated heterocycles. The lowest BCUT2D eigenvalue weighted by Gasteiger charge is -2.36. The lowest BCUT2D eigenvalue weighted by atomic mass is 10.1. The number of rotatable bonds is 3. The second-order valence-electron chi connectivity index (χ2n) is 8.46. The zero-order valence-corrected chi connectivity index (χ0v) is 18.0. The van der Waals surface area contributed by atoms with Crippen LogP contribution in [-0.4, -0.2) is 59.5 Å². The van der Waals surface area contributed by atoms with Crippen LogP contribution in [0, 0.1) is 0 Å². The van der Waals surface area contributed by atoms with Gasteiger partial charge in [0.15, 0.2) is 0 Å². The number of nitrogens with zero attached hydrogens (tertiary/aromatic N) is 4. The van der Waals surface area contributed by atoms with E-state index in [1.165, 1.54) is 0 Å².